The predicted molar refractivity (Wildman–Crippen MR) is 146 cm³/mol. The van der Waals surface area contributed by atoms with Gasteiger partial charge in [-0.3, -0.25) is 0 Å². The minimum Gasteiger partial charge on any atom is -0.504 e. The Morgan fingerprint density at radius 1 is 0.514 bits per heavy atom. The van der Waals surface area contributed by atoms with Crippen molar-refractivity contribution in [3.8, 4) is 46.0 Å². The Hall–Kier alpha value is -3.68. The highest BCUT2D eigenvalue weighted by molar-refractivity contribution is 5.67. The molecule has 0 amide bonds. The Balaban J connectivity index is 0.000000371. The first-order valence-corrected chi connectivity index (χ1v) is 11.8. The van der Waals surface area contributed by atoms with Crippen LogP contribution in [0.3, 0.4) is 0 Å². The first-order chi connectivity index (χ1) is 17.4. The summed E-state index contributed by atoms with van der Waals surface area (Å²) in [4.78, 5) is 0. The normalized spacial score (nSPS) is 10.0. The van der Waals surface area contributed by atoms with Crippen molar-refractivity contribution in [2.75, 3.05) is 35.5 Å². The fourth-order valence-electron chi connectivity index (χ4n) is 3.75. The molecule has 0 heterocycles. The van der Waals surface area contributed by atoms with Gasteiger partial charge >= 0.3 is 0 Å². The molecular formula is C29H42O8. The standard InChI is InChI=1S/C15H22O4.C14H20O4/c1-9(2)7-8-11-10(3)12(16)14(18-5)15(19-6)13(11)17-4;1-8(2)6-7-10-9(3)11(15)13(17-4)14(18-5)12(10)16/h7,16H,8H2,1-6H3;6,15-16H,7H2,1-5H3. The smallest absolute Gasteiger partial charge is 0.207 e. The van der Waals surface area contributed by atoms with Gasteiger partial charge in [-0.25, -0.2) is 0 Å². The molecule has 0 aromatic heterocycles. The molecule has 0 radical (unpaired) electrons. The summed E-state index contributed by atoms with van der Waals surface area (Å²) in [5.41, 5.74) is 5.23. The van der Waals surface area contributed by atoms with Crippen LogP contribution >= 0.6 is 0 Å². The van der Waals surface area contributed by atoms with E-state index in [2.05, 4.69) is 6.08 Å². The third-order valence-electron chi connectivity index (χ3n) is 5.89. The molecule has 0 aliphatic heterocycles. The third kappa shape index (κ3) is 7.18. The van der Waals surface area contributed by atoms with Gasteiger partial charge in [0, 0.05) is 22.3 Å². The summed E-state index contributed by atoms with van der Waals surface area (Å²) in [6, 6.07) is 0. The summed E-state index contributed by atoms with van der Waals surface area (Å²) in [5, 5.41) is 30.4. The number of hydrogen-bond acceptors (Lipinski definition) is 8. The molecule has 0 bridgehead atoms. The summed E-state index contributed by atoms with van der Waals surface area (Å²) in [6.45, 7) is 11.6. The van der Waals surface area contributed by atoms with E-state index in [1.165, 1.54) is 34.0 Å². The molecule has 0 saturated heterocycles. The van der Waals surface area contributed by atoms with Crippen molar-refractivity contribution >= 4 is 0 Å². The van der Waals surface area contributed by atoms with Crippen molar-refractivity contribution in [1.29, 1.82) is 0 Å². The second-order valence-electron chi connectivity index (χ2n) is 8.89. The van der Waals surface area contributed by atoms with Crippen molar-refractivity contribution in [1.82, 2.24) is 0 Å². The second kappa shape index (κ2) is 14.2. The van der Waals surface area contributed by atoms with E-state index in [9.17, 15) is 15.3 Å². The monoisotopic (exact) mass is 518 g/mol. The first kappa shape index (κ1) is 31.4. The van der Waals surface area contributed by atoms with Gasteiger partial charge in [0.1, 0.15) is 0 Å². The van der Waals surface area contributed by atoms with Gasteiger partial charge < -0.3 is 39.0 Å². The van der Waals surface area contributed by atoms with Crippen LogP contribution in [0.5, 0.6) is 46.0 Å². The topological polar surface area (TPSA) is 107 Å². The van der Waals surface area contributed by atoms with E-state index in [4.69, 9.17) is 23.7 Å². The number of phenols is 3. The maximum absolute atomic E-state index is 10.2. The second-order valence-corrected chi connectivity index (χ2v) is 8.89. The lowest BCUT2D eigenvalue weighted by molar-refractivity contribution is 0.307. The molecule has 0 aliphatic rings. The van der Waals surface area contributed by atoms with Gasteiger partial charge in [0.15, 0.2) is 23.0 Å². The SMILES string of the molecule is COc1c(O)c(C)c(CC=C(C)C)c(O)c1OC.COc1c(O)c(C)c(CC=C(C)C)c(OC)c1OC. The average molecular weight is 519 g/mol. The lowest BCUT2D eigenvalue weighted by Gasteiger charge is -2.19. The fraction of sp³-hybridized carbons (Fsp3) is 0.448. The highest BCUT2D eigenvalue weighted by Crippen LogP contribution is 2.49. The van der Waals surface area contributed by atoms with Gasteiger partial charge in [0.25, 0.3) is 0 Å². The van der Waals surface area contributed by atoms with Crippen LogP contribution < -0.4 is 23.7 Å². The van der Waals surface area contributed by atoms with Gasteiger partial charge in [0.05, 0.1) is 35.5 Å². The lowest BCUT2D eigenvalue weighted by Crippen LogP contribution is -2.02. The molecule has 2 rings (SSSR count). The van der Waals surface area contributed by atoms with E-state index >= 15 is 0 Å². The summed E-state index contributed by atoms with van der Waals surface area (Å²) in [7, 11) is 7.45. The Morgan fingerprint density at radius 3 is 1.22 bits per heavy atom. The third-order valence-corrected chi connectivity index (χ3v) is 5.89. The molecule has 0 spiro atoms. The molecule has 8 nitrogen and oxygen atoms in total. The number of aromatic hydroxyl groups is 3. The molecule has 0 atom stereocenters. The average Bonchev–Trinajstić information content (AvgIpc) is 2.86. The van der Waals surface area contributed by atoms with Gasteiger partial charge in [-0.1, -0.05) is 23.3 Å². The van der Waals surface area contributed by atoms with E-state index in [1.54, 1.807) is 14.0 Å². The zero-order chi connectivity index (χ0) is 28.4. The fourth-order valence-corrected chi connectivity index (χ4v) is 3.75. The largest absolute Gasteiger partial charge is 0.504 e. The number of allylic oxidation sites excluding steroid dienone is 4. The molecule has 3 N–H and O–H groups in total. The van der Waals surface area contributed by atoms with Crippen molar-refractivity contribution in [3.63, 3.8) is 0 Å². The van der Waals surface area contributed by atoms with E-state index in [0.717, 1.165) is 16.7 Å². The van der Waals surface area contributed by atoms with Crippen LogP contribution in [0.4, 0.5) is 0 Å². The Kier molecular flexibility index (Phi) is 12.0. The summed E-state index contributed by atoms with van der Waals surface area (Å²) in [6.07, 6.45) is 5.27. The molecule has 8 heteroatoms. The molecule has 2 aromatic carbocycles. The zero-order valence-electron chi connectivity index (χ0n) is 24.0. The van der Waals surface area contributed by atoms with Gasteiger partial charge in [0.2, 0.25) is 23.0 Å². The number of ether oxygens (including phenoxy) is 5. The quantitative estimate of drug-likeness (QED) is 0.267. The van der Waals surface area contributed by atoms with Crippen LogP contribution in [-0.4, -0.2) is 50.9 Å². The van der Waals surface area contributed by atoms with E-state index in [1.807, 2.05) is 40.7 Å². The van der Waals surface area contributed by atoms with E-state index in [0.29, 0.717) is 41.2 Å². The van der Waals surface area contributed by atoms with E-state index < -0.39 is 0 Å². The van der Waals surface area contributed by atoms with Crippen LogP contribution in [0.25, 0.3) is 0 Å². The Bertz CT molecular complexity index is 1140. The van der Waals surface area contributed by atoms with Crippen LogP contribution in [0.1, 0.15) is 49.9 Å². The number of hydrogen-bond donors (Lipinski definition) is 3. The maximum atomic E-state index is 10.2. The van der Waals surface area contributed by atoms with Gasteiger partial charge in [-0.2, -0.15) is 0 Å². The van der Waals surface area contributed by atoms with Gasteiger partial charge in [-0.05, 0) is 54.4 Å². The highest BCUT2D eigenvalue weighted by Gasteiger charge is 2.24. The van der Waals surface area contributed by atoms with Crippen LogP contribution in [0.15, 0.2) is 23.3 Å². The van der Waals surface area contributed by atoms with Crippen molar-refractivity contribution in [3.05, 3.63) is 45.6 Å². The molecule has 0 aliphatic carbocycles. The highest BCUT2D eigenvalue weighted by atomic mass is 16.5. The molecule has 2 aromatic rings. The molecule has 206 valence electrons. The van der Waals surface area contributed by atoms with Gasteiger partial charge in [-0.15, -0.1) is 0 Å². The zero-order valence-corrected chi connectivity index (χ0v) is 24.0. The first-order valence-electron chi connectivity index (χ1n) is 11.8. The predicted octanol–water partition coefficient (Wildman–Crippen LogP) is 6.17. The molecule has 0 saturated carbocycles. The Morgan fingerprint density at radius 2 is 0.838 bits per heavy atom. The number of benzene rings is 2. The summed E-state index contributed by atoms with van der Waals surface area (Å²) >= 11 is 0. The van der Waals surface area contributed by atoms with Crippen LogP contribution in [-0.2, 0) is 12.8 Å². The number of phenolic OH excluding ortho intramolecular Hbond substituents is 3. The lowest BCUT2D eigenvalue weighted by atomic mass is 10.0. The maximum Gasteiger partial charge on any atom is 0.207 e. The number of rotatable bonds is 9. The summed E-state index contributed by atoms with van der Waals surface area (Å²) < 4.78 is 26.1. The minimum absolute atomic E-state index is 0.00399. The summed E-state index contributed by atoms with van der Waals surface area (Å²) in [5.74, 6) is 1.77. The molecule has 0 unspecified atom stereocenters. The molecule has 0 fully saturated rings. The molecular weight excluding hydrogens is 476 g/mol. The van der Waals surface area contributed by atoms with Crippen molar-refractivity contribution in [2.45, 2.75) is 54.4 Å². The van der Waals surface area contributed by atoms with Crippen LogP contribution in [0, 0.1) is 13.8 Å². The molecule has 37 heavy (non-hydrogen) atoms. The van der Waals surface area contributed by atoms with Crippen molar-refractivity contribution < 1.29 is 39.0 Å². The number of methoxy groups -OCH3 is 5. The minimum atomic E-state index is 0.00399. The van der Waals surface area contributed by atoms with Crippen LogP contribution in [0.2, 0.25) is 0 Å². The van der Waals surface area contributed by atoms with E-state index in [-0.39, 0.29) is 28.7 Å². The Labute approximate surface area is 220 Å². The van der Waals surface area contributed by atoms with Crippen molar-refractivity contribution in [2.24, 2.45) is 0 Å².